The van der Waals surface area contributed by atoms with E-state index in [1.165, 1.54) is 6.39 Å². The summed E-state index contributed by atoms with van der Waals surface area (Å²) in [5.41, 5.74) is 2.49. The largest absolute Gasteiger partial charge is 0.443 e. The van der Waals surface area contributed by atoms with E-state index in [1.807, 2.05) is 18.2 Å². The predicted octanol–water partition coefficient (Wildman–Crippen LogP) is 0.886. The van der Waals surface area contributed by atoms with Gasteiger partial charge >= 0.3 is 6.03 Å². The Bertz CT molecular complexity index is 581. The predicted molar refractivity (Wildman–Crippen MR) is 63.9 cm³/mol. The van der Waals surface area contributed by atoms with E-state index in [4.69, 9.17) is 9.52 Å². The number of oxazole rings is 1. The first-order valence-electron chi connectivity index (χ1n) is 5.77. The van der Waals surface area contributed by atoms with E-state index in [0.29, 0.717) is 18.7 Å². The van der Waals surface area contributed by atoms with Crippen molar-refractivity contribution >= 4 is 17.1 Å². The molecule has 6 heteroatoms. The first-order valence-corrected chi connectivity index (χ1v) is 5.77. The maximum absolute atomic E-state index is 11.6. The van der Waals surface area contributed by atoms with Gasteiger partial charge in [0, 0.05) is 13.1 Å². The van der Waals surface area contributed by atoms with Gasteiger partial charge in [-0.25, -0.2) is 9.78 Å². The van der Waals surface area contributed by atoms with Crippen LogP contribution in [-0.4, -0.2) is 40.7 Å². The maximum Gasteiger partial charge on any atom is 0.318 e. The van der Waals surface area contributed by atoms with Crippen molar-refractivity contribution in [3.8, 4) is 0 Å². The van der Waals surface area contributed by atoms with Gasteiger partial charge in [0.1, 0.15) is 5.52 Å². The summed E-state index contributed by atoms with van der Waals surface area (Å²) in [4.78, 5) is 17.3. The van der Waals surface area contributed by atoms with Gasteiger partial charge in [0.2, 0.25) is 0 Å². The number of hydrogen-bond acceptors (Lipinski definition) is 4. The van der Waals surface area contributed by atoms with E-state index >= 15 is 0 Å². The summed E-state index contributed by atoms with van der Waals surface area (Å²) >= 11 is 0. The minimum atomic E-state index is -0.147. The van der Waals surface area contributed by atoms with Gasteiger partial charge in [-0.05, 0) is 17.7 Å². The molecule has 1 unspecified atom stereocenters. The highest BCUT2D eigenvalue weighted by atomic mass is 16.3. The smallest absolute Gasteiger partial charge is 0.318 e. The number of aliphatic hydroxyl groups is 1. The molecule has 18 heavy (non-hydrogen) atoms. The van der Waals surface area contributed by atoms with E-state index in [2.05, 4.69) is 10.3 Å². The zero-order valence-corrected chi connectivity index (χ0v) is 9.67. The van der Waals surface area contributed by atoms with Crippen LogP contribution in [0.2, 0.25) is 0 Å². The van der Waals surface area contributed by atoms with E-state index in [0.717, 1.165) is 11.1 Å². The van der Waals surface area contributed by atoms with Gasteiger partial charge in [0.25, 0.3) is 0 Å². The third kappa shape index (κ3) is 1.80. The SMILES string of the molecule is O=C1NC(c2ccc3ncoc3c2)CN1CCO. The maximum atomic E-state index is 11.6. The van der Waals surface area contributed by atoms with E-state index in [-0.39, 0.29) is 18.7 Å². The van der Waals surface area contributed by atoms with Crippen molar-refractivity contribution in [2.75, 3.05) is 19.7 Å². The van der Waals surface area contributed by atoms with Crippen molar-refractivity contribution in [3.05, 3.63) is 30.2 Å². The Kier molecular flexibility index (Phi) is 2.64. The van der Waals surface area contributed by atoms with Crippen molar-refractivity contribution in [3.63, 3.8) is 0 Å². The molecule has 1 fully saturated rings. The molecular weight excluding hydrogens is 234 g/mol. The Morgan fingerprint density at radius 2 is 2.44 bits per heavy atom. The van der Waals surface area contributed by atoms with Crippen molar-refractivity contribution in [2.45, 2.75) is 6.04 Å². The second kappa shape index (κ2) is 4.30. The summed E-state index contributed by atoms with van der Waals surface area (Å²) < 4.78 is 5.24. The van der Waals surface area contributed by atoms with Crippen molar-refractivity contribution in [1.82, 2.24) is 15.2 Å². The molecular formula is C12H13N3O3. The second-order valence-corrected chi connectivity index (χ2v) is 4.25. The summed E-state index contributed by atoms with van der Waals surface area (Å²) in [6.07, 6.45) is 1.40. The van der Waals surface area contributed by atoms with Crippen LogP contribution in [0.25, 0.3) is 11.1 Å². The summed E-state index contributed by atoms with van der Waals surface area (Å²) in [6, 6.07) is 5.47. The molecule has 1 saturated heterocycles. The van der Waals surface area contributed by atoms with Gasteiger partial charge < -0.3 is 19.7 Å². The van der Waals surface area contributed by atoms with Crippen LogP contribution in [0.3, 0.4) is 0 Å². The number of rotatable bonds is 3. The number of benzene rings is 1. The first-order chi connectivity index (χ1) is 8.78. The Morgan fingerprint density at radius 1 is 1.56 bits per heavy atom. The summed E-state index contributed by atoms with van der Waals surface area (Å²) in [7, 11) is 0. The molecule has 6 nitrogen and oxygen atoms in total. The molecule has 94 valence electrons. The number of aliphatic hydroxyl groups excluding tert-OH is 1. The number of nitrogens with one attached hydrogen (secondary N) is 1. The fourth-order valence-corrected chi connectivity index (χ4v) is 2.18. The summed E-state index contributed by atoms with van der Waals surface area (Å²) in [6.45, 7) is 0.882. The number of fused-ring (bicyclic) bond motifs is 1. The average molecular weight is 247 g/mol. The fraction of sp³-hybridized carbons (Fsp3) is 0.333. The number of aromatic nitrogens is 1. The van der Waals surface area contributed by atoms with Gasteiger partial charge in [-0.15, -0.1) is 0 Å². The molecule has 2 amide bonds. The second-order valence-electron chi connectivity index (χ2n) is 4.25. The highest BCUT2D eigenvalue weighted by Crippen LogP contribution is 2.23. The lowest BCUT2D eigenvalue weighted by Gasteiger charge is -2.12. The molecule has 0 spiro atoms. The van der Waals surface area contributed by atoms with Gasteiger partial charge in [0.15, 0.2) is 12.0 Å². The number of carbonyl (C=O) groups is 1. The van der Waals surface area contributed by atoms with Gasteiger partial charge in [-0.2, -0.15) is 0 Å². The molecule has 0 radical (unpaired) electrons. The number of amides is 2. The molecule has 1 aliphatic heterocycles. The van der Waals surface area contributed by atoms with Gasteiger partial charge in [0.05, 0.1) is 12.6 Å². The zero-order valence-electron chi connectivity index (χ0n) is 9.67. The topological polar surface area (TPSA) is 78.6 Å². The van der Waals surface area contributed by atoms with Gasteiger partial charge in [-0.1, -0.05) is 6.07 Å². The number of hydrogen-bond donors (Lipinski definition) is 2. The van der Waals surface area contributed by atoms with Crippen LogP contribution in [0.5, 0.6) is 0 Å². The Morgan fingerprint density at radius 3 is 3.28 bits per heavy atom. The zero-order chi connectivity index (χ0) is 12.5. The third-order valence-electron chi connectivity index (χ3n) is 3.12. The number of β-amino-alcohol motifs (C(OH)–C–C–N with tert-alkyl or cyclic N) is 1. The van der Waals surface area contributed by atoms with Gasteiger partial charge in [-0.3, -0.25) is 0 Å². The van der Waals surface area contributed by atoms with E-state index in [9.17, 15) is 4.79 Å². The van der Waals surface area contributed by atoms with Crippen molar-refractivity contribution < 1.29 is 14.3 Å². The van der Waals surface area contributed by atoms with Crippen LogP contribution in [-0.2, 0) is 0 Å². The van der Waals surface area contributed by atoms with Crippen LogP contribution >= 0.6 is 0 Å². The number of nitrogens with zero attached hydrogens (tertiary/aromatic N) is 2. The van der Waals surface area contributed by atoms with Crippen LogP contribution < -0.4 is 5.32 Å². The number of carbonyl (C=O) groups excluding carboxylic acids is 1. The normalized spacial score (nSPS) is 19.5. The van der Waals surface area contributed by atoms with E-state index < -0.39 is 0 Å². The molecule has 3 rings (SSSR count). The van der Waals surface area contributed by atoms with Crippen molar-refractivity contribution in [2.24, 2.45) is 0 Å². The standard InChI is InChI=1S/C12H13N3O3/c16-4-3-15-6-10(14-12(15)17)8-1-2-9-11(5-8)18-7-13-9/h1-2,5,7,10,16H,3-4,6H2,(H,14,17). The Hall–Kier alpha value is -2.08. The number of urea groups is 1. The third-order valence-corrected chi connectivity index (χ3v) is 3.12. The van der Waals surface area contributed by atoms with Crippen LogP contribution in [0, 0.1) is 0 Å². The molecule has 0 aliphatic carbocycles. The monoisotopic (exact) mass is 247 g/mol. The molecule has 0 bridgehead atoms. The molecule has 1 aromatic carbocycles. The molecule has 1 aromatic heterocycles. The summed E-state index contributed by atoms with van der Waals surface area (Å²) in [5, 5.41) is 11.7. The molecule has 2 aromatic rings. The summed E-state index contributed by atoms with van der Waals surface area (Å²) in [5.74, 6) is 0. The Balaban J connectivity index is 1.84. The Labute approximate surface area is 103 Å². The molecule has 1 aliphatic rings. The van der Waals surface area contributed by atoms with Crippen molar-refractivity contribution in [1.29, 1.82) is 0 Å². The molecule has 2 heterocycles. The van der Waals surface area contributed by atoms with E-state index in [1.54, 1.807) is 4.90 Å². The fourth-order valence-electron chi connectivity index (χ4n) is 2.18. The highest BCUT2D eigenvalue weighted by Gasteiger charge is 2.29. The van der Waals surface area contributed by atoms with Crippen LogP contribution in [0.4, 0.5) is 4.79 Å². The lowest BCUT2D eigenvalue weighted by atomic mass is 10.1. The minimum absolute atomic E-state index is 0.0265. The molecule has 0 saturated carbocycles. The lowest BCUT2D eigenvalue weighted by molar-refractivity contribution is 0.196. The molecule has 2 N–H and O–H groups in total. The minimum Gasteiger partial charge on any atom is -0.443 e. The highest BCUT2D eigenvalue weighted by molar-refractivity contribution is 5.78. The van der Waals surface area contributed by atoms with Crippen LogP contribution in [0.1, 0.15) is 11.6 Å². The first kappa shape index (κ1) is 11.0. The average Bonchev–Trinajstić information content (AvgIpc) is 2.96. The van der Waals surface area contributed by atoms with Crippen LogP contribution in [0.15, 0.2) is 29.0 Å². The quantitative estimate of drug-likeness (QED) is 0.844. The molecule has 1 atom stereocenters. The lowest BCUT2D eigenvalue weighted by Crippen LogP contribution is -2.30.